The highest BCUT2D eigenvalue weighted by molar-refractivity contribution is 6.31. The quantitative estimate of drug-likeness (QED) is 0.538. The third-order valence-corrected chi connectivity index (χ3v) is 6.74. The maximum Gasteiger partial charge on any atom is 0.251 e. The number of aliphatic hydroxyl groups excluding tert-OH is 2. The summed E-state index contributed by atoms with van der Waals surface area (Å²) in [6, 6.07) is 11.2. The molecule has 184 valence electrons. The maximum atomic E-state index is 13.4. The maximum absolute atomic E-state index is 13.4. The second-order valence-electron chi connectivity index (χ2n) is 8.41. The van der Waals surface area contributed by atoms with E-state index in [-0.39, 0.29) is 23.7 Å². The van der Waals surface area contributed by atoms with Crippen LogP contribution in [0.25, 0.3) is 0 Å². The minimum Gasteiger partial charge on any atom is -0.495 e. The van der Waals surface area contributed by atoms with Gasteiger partial charge in [0.1, 0.15) is 23.8 Å². The fourth-order valence-electron chi connectivity index (χ4n) is 4.68. The van der Waals surface area contributed by atoms with Crippen molar-refractivity contribution in [3.63, 3.8) is 0 Å². The number of amides is 1. The number of nitrogens with one attached hydrogen (secondary N) is 1. The molecule has 3 N–H and O–H groups in total. The highest BCUT2D eigenvalue weighted by Gasteiger charge is 2.46. The molecule has 2 heterocycles. The number of hydrogen-bond acceptors (Lipinski definition) is 7. The molecule has 0 saturated carbocycles. The van der Waals surface area contributed by atoms with Crippen LogP contribution < -0.4 is 15.0 Å². The molecule has 4 rings (SSSR count). The molecule has 0 aliphatic carbocycles. The molecule has 2 aliphatic rings. The number of benzene rings is 2. The summed E-state index contributed by atoms with van der Waals surface area (Å²) in [5, 5.41) is 23.2. The average molecular weight is 494 g/mol. The Bertz CT molecular complexity index is 1000. The van der Waals surface area contributed by atoms with E-state index < -0.39 is 36.1 Å². The van der Waals surface area contributed by atoms with E-state index in [9.17, 15) is 19.4 Å². The zero-order chi connectivity index (χ0) is 24.2. The molecule has 0 radical (unpaired) electrons. The Kier molecular flexibility index (Phi) is 7.90. The van der Waals surface area contributed by atoms with Gasteiger partial charge in [-0.2, -0.15) is 0 Å². The second kappa shape index (κ2) is 10.9. The van der Waals surface area contributed by atoms with Gasteiger partial charge in [0.05, 0.1) is 36.6 Å². The summed E-state index contributed by atoms with van der Waals surface area (Å²) in [6.45, 7) is 2.58. The summed E-state index contributed by atoms with van der Waals surface area (Å²) in [5.74, 6) is -0.215. The topological polar surface area (TPSA) is 94.5 Å². The predicted octanol–water partition coefficient (Wildman–Crippen LogP) is 1.53. The monoisotopic (exact) mass is 493 g/mol. The van der Waals surface area contributed by atoms with Crippen molar-refractivity contribution in [2.24, 2.45) is 0 Å². The average Bonchev–Trinajstić information content (AvgIpc) is 3.19. The number of carbonyl (C=O) groups is 1. The van der Waals surface area contributed by atoms with Crippen LogP contribution in [0.15, 0.2) is 42.5 Å². The van der Waals surface area contributed by atoms with Crippen molar-refractivity contribution in [2.75, 3.05) is 51.3 Å². The summed E-state index contributed by atoms with van der Waals surface area (Å²) in [6.07, 6.45) is -2.16. The van der Waals surface area contributed by atoms with Gasteiger partial charge in [0.15, 0.2) is 0 Å². The normalized spacial score (nSPS) is 25.4. The second-order valence-corrected chi connectivity index (χ2v) is 8.82. The number of rotatable bonds is 7. The Morgan fingerprint density at radius 3 is 2.62 bits per heavy atom. The minimum absolute atomic E-state index is 0.124. The van der Waals surface area contributed by atoms with Gasteiger partial charge in [-0.3, -0.25) is 9.69 Å². The van der Waals surface area contributed by atoms with E-state index in [0.29, 0.717) is 13.1 Å². The van der Waals surface area contributed by atoms with Crippen molar-refractivity contribution in [3.05, 3.63) is 58.9 Å². The third-order valence-electron chi connectivity index (χ3n) is 6.45. The summed E-state index contributed by atoms with van der Waals surface area (Å²) in [4.78, 5) is 16.9. The summed E-state index contributed by atoms with van der Waals surface area (Å²) >= 11 is 5.78. The van der Waals surface area contributed by atoms with Crippen LogP contribution in [0.3, 0.4) is 0 Å². The minimum atomic E-state index is -0.898. The van der Waals surface area contributed by atoms with Crippen LogP contribution in [0.4, 0.5) is 10.1 Å². The molecule has 2 aromatic carbocycles. The number of ether oxygens (including phenoxy) is 2. The van der Waals surface area contributed by atoms with E-state index in [0.717, 1.165) is 30.6 Å². The number of methoxy groups -OCH3 is 1. The van der Waals surface area contributed by atoms with Crippen LogP contribution in [-0.4, -0.2) is 91.8 Å². The van der Waals surface area contributed by atoms with Gasteiger partial charge in [-0.1, -0.05) is 23.7 Å². The van der Waals surface area contributed by atoms with Gasteiger partial charge in [-0.05, 0) is 30.3 Å². The van der Waals surface area contributed by atoms with Gasteiger partial charge in [0.25, 0.3) is 5.91 Å². The van der Waals surface area contributed by atoms with Gasteiger partial charge in [0, 0.05) is 38.3 Å². The highest BCUT2D eigenvalue weighted by atomic mass is 35.5. The van der Waals surface area contributed by atoms with E-state index in [4.69, 9.17) is 21.1 Å². The van der Waals surface area contributed by atoms with Crippen molar-refractivity contribution in [2.45, 2.75) is 24.4 Å². The first-order chi connectivity index (χ1) is 16.4. The number of piperazine rings is 1. The van der Waals surface area contributed by atoms with Crippen molar-refractivity contribution < 1.29 is 28.9 Å². The molecular weight excluding hydrogens is 465 g/mol. The number of nitrogens with zero attached hydrogens (tertiary/aromatic N) is 2. The predicted molar refractivity (Wildman–Crippen MR) is 126 cm³/mol. The van der Waals surface area contributed by atoms with E-state index >= 15 is 0 Å². The molecule has 0 aromatic heterocycles. The Balaban J connectivity index is 1.41. The van der Waals surface area contributed by atoms with Gasteiger partial charge in [-0.25, -0.2) is 4.39 Å². The lowest BCUT2D eigenvalue weighted by molar-refractivity contribution is -0.0209. The van der Waals surface area contributed by atoms with E-state index in [1.165, 1.54) is 12.1 Å². The van der Waals surface area contributed by atoms with Gasteiger partial charge in [0.2, 0.25) is 0 Å². The smallest absolute Gasteiger partial charge is 0.251 e. The third kappa shape index (κ3) is 5.13. The van der Waals surface area contributed by atoms with E-state index in [1.54, 1.807) is 7.11 Å². The number of hydrogen-bond donors (Lipinski definition) is 3. The number of aliphatic hydroxyl groups is 2. The van der Waals surface area contributed by atoms with Crippen molar-refractivity contribution in [1.29, 1.82) is 0 Å². The molecule has 10 heteroatoms. The largest absolute Gasteiger partial charge is 0.495 e. The van der Waals surface area contributed by atoms with Crippen LogP contribution in [0, 0.1) is 5.82 Å². The Labute approximate surface area is 202 Å². The first kappa shape index (κ1) is 24.7. The molecule has 4 atom stereocenters. The highest BCUT2D eigenvalue weighted by Crippen LogP contribution is 2.31. The number of carbonyl (C=O) groups excluding carboxylic acids is 1. The zero-order valence-electron chi connectivity index (χ0n) is 18.9. The van der Waals surface area contributed by atoms with Crippen LogP contribution in [0.1, 0.15) is 10.4 Å². The summed E-state index contributed by atoms with van der Waals surface area (Å²) < 4.78 is 24.8. The molecule has 2 aliphatic heterocycles. The molecule has 0 spiro atoms. The molecule has 34 heavy (non-hydrogen) atoms. The Morgan fingerprint density at radius 1 is 1.21 bits per heavy atom. The SMILES string of the molecule is COc1ccccc1N1CCN(C2C(CNC(=O)c3ccc(F)c(Cl)c3)OC(CO)C2O)CC1. The molecule has 8 nitrogen and oxygen atoms in total. The Hall–Kier alpha value is -2.43. The van der Waals surface area contributed by atoms with Gasteiger partial charge < -0.3 is 29.9 Å². The molecule has 2 saturated heterocycles. The zero-order valence-corrected chi connectivity index (χ0v) is 19.6. The standard InChI is InChI=1S/C24H29ClFN3O5/c1-33-19-5-3-2-4-18(19)28-8-10-29(11-9-28)22-20(34-21(14-30)23(22)31)13-27-24(32)15-6-7-17(26)16(25)12-15/h2-7,12,20-23,30-31H,8-11,13-14H2,1H3,(H,27,32). The molecule has 1 amide bonds. The van der Waals surface area contributed by atoms with Crippen LogP contribution in [0.2, 0.25) is 5.02 Å². The first-order valence-corrected chi connectivity index (χ1v) is 11.6. The number of anilines is 1. The van der Waals surface area contributed by atoms with Gasteiger partial charge >= 0.3 is 0 Å². The summed E-state index contributed by atoms with van der Waals surface area (Å²) in [5.41, 5.74) is 1.24. The fraction of sp³-hybridized carbons (Fsp3) is 0.458. The van der Waals surface area contributed by atoms with Crippen molar-refractivity contribution in [1.82, 2.24) is 10.2 Å². The van der Waals surface area contributed by atoms with Crippen LogP contribution in [-0.2, 0) is 4.74 Å². The summed E-state index contributed by atoms with van der Waals surface area (Å²) in [7, 11) is 1.65. The van der Waals surface area contributed by atoms with Crippen LogP contribution in [0.5, 0.6) is 5.75 Å². The molecule has 4 unspecified atom stereocenters. The molecule has 2 aromatic rings. The lowest BCUT2D eigenvalue weighted by Gasteiger charge is -2.41. The lowest BCUT2D eigenvalue weighted by Crippen LogP contribution is -2.57. The fourth-order valence-corrected chi connectivity index (χ4v) is 4.86. The van der Waals surface area contributed by atoms with Crippen molar-refractivity contribution >= 4 is 23.2 Å². The molecule has 2 fully saturated rings. The number of halogens is 2. The Morgan fingerprint density at radius 2 is 1.94 bits per heavy atom. The number of para-hydroxylation sites is 2. The van der Waals surface area contributed by atoms with Crippen LogP contribution >= 0.6 is 11.6 Å². The van der Waals surface area contributed by atoms with E-state index in [1.807, 2.05) is 24.3 Å². The van der Waals surface area contributed by atoms with Gasteiger partial charge in [-0.15, -0.1) is 0 Å². The lowest BCUT2D eigenvalue weighted by atomic mass is 10.0. The molecule has 0 bridgehead atoms. The molecular formula is C24H29ClFN3O5. The first-order valence-electron chi connectivity index (χ1n) is 11.2. The van der Waals surface area contributed by atoms with Crippen molar-refractivity contribution in [3.8, 4) is 5.75 Å². The van der Waals surface area contributed by atoms with E-state index in [2.05, 4.69) is 15.1 Å².